The molecule has 0 radical (unpaired) electrons. The van der Waals surface area contributed by atoms with Crippen LogP contribution >= 0.6 is 11.6 Å². The van der Waals surface area contributed by atoms with Gasteiger partial charge in [-0.15, -0.1) is 0 Å². The number of ether oxygens (including phenoxy) is 1. The lowest BCUT2D eigenvalue weighted by Crippen LogP contribution is -2.18. The Morgan fingerprint density at radius 1 is 1.07 bits per heavy atom. The second-order valence-corrected chi connectivity index (χ2v) is 6.14. The van der Waals surface area contributed by atoms with E-state index in [0.717, 1.165) is 5.56 Å². The van der Waals surface area contributed by atoms with Gasteiger partial charge in [0.05, 0.1) is 11.8 Å². The number of hydrogen-bond acceptors (Lipinski definition) is 4. The minimum atomic E-state index is -0.391. The number of halogens is 1. The standard InChI is InChI=1S/C21H17ClN2O3/c22-17-10-8-15(9-11-17)14-27-20-7-2-1-6-19(20)21(26)24-23-13-16-4-3-5-18(25)12-16/h1-13,25H,14H2,(H,24,26)/b23-13+. The maximum absolute atomic E-state index is 12.4. The first-order chi connectivity index (χ1) is 13.1. The van der Waals surface area contributed by atoms with Gasteiger partial charge < -0.3 is 9.84 Å². The van der Waals surface area contributed by atoms with Crippen molar-refractivity contribution in [3.8, 4) is 11.5 Å². The normalized spacial score (nSPS) is 10.7. The third-order valence-electron chi connectivity index (χ3n) is 3.69. The maximum atomic E-state index is 12.4. The van der Waals surface area contributed by atoms with E-state index in [-0.39, 0.29) is 5.75 Å². The lowest BCUT2D eigenvalue weighted by atomic mass is 10.2. The van der Waals surface area contributed by atoms with Gasteiger partial charge in [-0.3, -0.25) is 4.79 Å². The Hall–Kier alpha value is -3.31. The number of aromatic hydroxyl groups is 1. The van der Waals surface area contributed by atoms with Crippen LogP contribution in [0.3, 0.4) is 0 Å². The number of amides is 1. The smallest absolute Gasteiger partial charge is 0.275 e. The van der Waals surface area contributed by atoms with Crippen molar-refractivity contribution >= 4 is 23.7 Å². The minimum Gasteiger partial charge on any atom is -0.508 e. The molecule has 0 aliphatic rings. The van der Waals surface area contributed by atoms with E-state index in [1.165, 1.54) is 6.21 Å². The number of nitrogens with one attached hydrogen (secondary N) is 1. The van der Waals surface area contributed by atoms with E-state index in [1.54, 1.807) is 60.7 Å². The number of rotatable bonds is 6. The molecule has 0 aliphatic heterocycles. The van der Waals surface area contributed by atoms with Gasteiger partial charge in [0.15, 0.2) is 0 Å². The van der Waals surface area contributed by atoms with Crippen LogP contribution in [-0.4, -0.2) is 17.2 Å². The zero-order chi connectivity index (χ0) is 19.1. The van der Waals surface area contributed by atoms with Crippen LogP contribution < -0.4 is 10.2 Å². The molecule has 0 saturated carbocycles. The molecule has 3 rings (SSSR count). The van der Waals surface area contributed by atoms with Crippen molar-refractivity contribution in [1.82, 2.24) is 5.43 Å². The van der Waals surface area contributed by atoms with Gasteiger partial charge in [0.1, 0.15) is 18.1 Å². The van der Waals surface area contributed by atoms with E-state index in [4.69, 9.17) is 16.3 Å². The van der Waals surface area contributed by atoms with E-state index in [2.05, 4.69) is 10.5 Å². The Balaban J connectivity index is 1.65. The quantitative estimate of drug-likeness (QED) is 0.492. The second kappa shape index (κ2) is 8.87. The van der Waals surface area contributed by atoms with Crippen LogP contribution in [-0.2, 0) is 6.61 Å². The zero-order valence-electron chi connectivity index (χ0n) is 14.3. The van der Waals surface area contributed by atoms with Gasteiger partial charge in [-0.25, -0.2) is 5.43 Å². The summed E-state index contributed by atoms with van der Waals surface area (Å²) < 4.78 is 5.78. The lowest BCUT2D eigenvalue weighted by Gasteiger charge is -2.10. The van der Waals surface area contributed by atoms with Crippen molar-refractivity contribution in [2.45, 2.75) is 6.61 Å². The molecule has 0 fully saturated rings. The molecule has 0 bridgehead atoms. The molecule has 0 unspecified atom stereocenters. The molecule has 6 heteroatoms. The van der Waals surface area contributed by atoms with Gasteiger partial charge in [-0.05, 0) is 47.5 Å². The molecule has 3 aromatic rings. The number of carbonyl (C=O) groups excluding carboxylic acids is 1. The highest BCUT2D eigenvalue weighted by atomic mass is 35.5. The van der Waals surface area contributed by atoms with Crippen LogP contribution in [0.4, 0.5) is 0 Å². The third kappa shape index (κ3) is 5.33. The summed E-state index contributed by atoms with van der Waals surface area (Å²) in [5.41, 5.74) is 4.45. The summed E-state index contributed by atoms with van der Waals surface area (Å²) in [7, 11) is 0. The summed E-state index contributed by atoms with van der Waals surface area (Å²) in [4.78, 5) is 12.4. The zero-order valence-corrected chi connectivity index (χ0v) is 15.1. The number of hydrazone groups is 1. The van der Waals surface area contributed by atoms with Crippen molar-refractivity contribution in [2.24, 2.45) is 5.10 Å². The van der Waals surface area contributed by atoms with Crippen molar-refractivity contribution in [3.63, 3.8) is 0 Å². The molecule has 0 aliphatic carbocycles. The molecule has 3 aromatic carbocycles. The van der Waals surface area contributed by atoms with Crippen molar-refractivity contribution in [1.29, 1.82) is 0 Å². The first-order valence-electron chi connectivity index (χ1n) is 8.20. The summed E-state index contributed by atoms with van der Waals surface area (Å²) in [6.45, 7) is 0.314. The van der Waals surface area contributed by atoms with Crippen LogP contribution in [0.25, 0.3) is 0 Å². The Bertz CT molecular complexity index is 956. The van der Waals surface area contributed by atoms with Crippen LogP contribution in [0.5, 0.6) is 11.5 Å². The lowest BCUT2D eigenvalue weighted by molar-refractivity contribution is 0.0950. The van der Waals surface area contributed by atoms with Gasteiger partial charge >= 0.3 is 0 Å². The van der Waals surface area contributed by atoms with Crippen molar-refractivity contribution in [3.05, 3.63) is 94.5 Å². The molecule has 0 saturated heterocycles. The Labute approximate surface area is 161 Å². The first-order valence-corrected chi connectivity index (χ1v) is 8.58. The van der Waals surface area contributed by atoms with E-state index in [0.29, 0.717) is 28.5 Å². The topological polar surface area (TPSA) is 70.9 Å². The van der Waals surface area contributed by atoms with E-state index in [9.17, 15) is 9.90 Å². The highest BCUT2D eigenvalue weighted by Gasteiger charge is 2.11. The van der Waals surface area contributed by atoms with E-state index in [1.807, 2.05) is 12.1 Å². The fraction of sp³-hybridized carbons (Fsp3) is 0.0476. The molecule has 0 atom stereocenters. The summed E-state index contributed by atoms with van der Waals surface area (Å²) >= 11 is 5.88. The number of phenolic OH excluding ortho intramolecular Hbond substituents is 1. The highest BCUT2D eigenvalue weighted by molar-refractivity contribution is 6.30. The van der Waals surface area contributed by atoms with E-state index < -0.39 is 5.91 Å². The van der Waals surface area contributed by atoms with E-state index >= 15 is 0 Å². The maximum Gasteiger partial charge on any atom is 0.275 e. The van der Waals surface area contributed by atoms with Crippen molar-refractivity contribution in [2.75, 3.05) is 0 Å². The third-order valence-corrected chi connectivity index (χ3v) is 3.94. The number of benzene rings is 3. The number of phenols is 1. The molecule has 27 heavy (non-hydrogen) atoms. The number of para-hydroxylation sites is 1. The molecular formula is C21H17ClN2O3. The SMILES string of the molecule is O=C(N/N=C/c1cccc(O)c1)c1ccccc1OCc1ccc(Cl)cc1. The largest absolute Gasteiger partial charge is 0.508 e. The van der Waals surface area contributed by atoms with Gasteiger partial charge in [0.25, 0.3) is 5.91 Å². The van der Waals surface area contributed by atoms with Crippen LogP contribution in [0.2, 0.25) is 5.02 Å². The van der Waals surface area contributed by atoms with Crippen LogP contribution in [0.15, 0.2) is 77.9 Å². The predicted molar refractivity (Wildman–Crippen MR) is 105 cm³/mol. The van der Waals surface area contributed by atoms with Gasteiger partial charge in [-0.1, -0.05) is 48.0 Å². The van der Waals surface area contributed by atoms with Gasteiger partial charge in [-0.2, -0.15) is 5.10 Å². The summed E-state index contributed by atoms with van der Waals surface area (Å²) in [5, 5.41) is 14.0. The monoisotopic (exact) mass is 380 g/mol. The second-order valence-electron chi connectivity index (χ2n) is 5.71. The Morgan fingerprint density at radius 2 is 1.85 bits per heavy atom. The van der Waals surface area contributed by atoms with Crippen LogP contribution in [0, 0.1) is 0 Å². The number of hydrogen-bond donors (Lipinski definition) is 2. The number of carbonyl (C=O) groups is 1. The van der Waals surface area contributed by atoms with Gasteiger partial charge in [0.2, 0.25) is 0 Å². The molecule has 0 heterocycles. The first kappa shape index (κ1) is 18.5. The fourth-order valence-electron chi connectivity index (χ4n) is 2.35. The fourth-order valence-corrected chi connectivity index (χ4v) is 2.48. The molecular weight excluding hydrogens is 364 g/mol. The Morgan fingerprint density at radius 3 is 2.63 bits per heavy atom. The summed E-state index contributed by atoms with van der Waals surface area (Å²) in [6.07, 6.45) is 1.45. The molecule has 0 aromatic heterocycles. The van der Waals surface area contributed by atoms with Crippen LogP contribution in [0.1, 0.15) is 21.5 Å². The Kier molecular flexibility index (Phi) is 6.07. The number of nitrogens with zero attached hydrogens (tertiary/aromatic N) is 1. The predicted octanol–water partition coefficient (Wildman–Crippen LogP) is 4.39. The molecule has 5 nitrogen and oxygen atoms in total. The van der Waals surface area contributed by atoms with Gasteiger partial charge in [0, 0.05) is 5.02 Å². The average Bonchev–Trinajstić information content (AvgIpc) is 2.68. The van der Waals surface area contributed by atoms with Crippen molar-refractivity contribution < 1.29 is 14.6 Å². The highest BCUT2D eigenvalue weighted by Crippen LogP contribution is 2.20. The molecule has 136 valence electrons. The average molecular weight is 381 g/mol. The summed E-state index contributed by atoms with van der Waals surface area (Å²) in [6, 6.07) is 20.8. The minimum absolute atomic E-state index is 0.131. The molecule has 0 spiro atoms. The molecule has 1 amide bonds. The summed E-state index contributed by atoms with van der Waals surface area (Å²) in [5.74, 6) is 0.196. The molecule has 2 N–H and O–H groups in total.